The molecule has 1 amide bonds. The van der Waals surface area contributed by atoms with E-state index in [1.807, 2.05) is 13.1 Å². The summed E-state index contributed by atoms with van der Waals surface area (Å²) in [4.78, 5) is 15.2. The minimum Gasteiger partial charge on any atom is -0.497 e. The van der Waals surface area contributed by atoms with E-state index in [2.05, 4.69) is 13.8 Å². The molecule has 0 bridgehead atoms. The average molecular weight is 539 g/mol. The van der Waals surface area contributed by atoms with Gasteiger partial charge >= 0.3 is 0 Å². The molecule has 37 heavy (non-hydrogen) atoms. The van der Waals surface area contributed by atoms with Crippen LogP contribution >= 0.6 is 0 Å². The lowest BCUT2D eigenvalue weighted by Gasteiger charge is -2.35. The number of amides is 1. The number of benzene rings is 1. The lowest BCUT2D eigenvalue weighted by molar-refractivity contribution is -0.157. The van der Waals surface area contributed by atoms with Gasteiger partial charge < -0.3 is 24.2 Å². The van der Waals surface area contributed by atoms with Crippen molar-refractivity contribution in [3.8, 4) is 5.75 Å². The number of carbonyl (C=O) groups excluding carboxylic acids is 1. The highest BCUT2D eigenvalue weighted by molar-refractivity contribution is 7.89. The molecule has 1 saturated carbocycles. The Hall–Kier alpha value is -2.14. The third-order valence-corrected chi connectivity index (χ3v) is 9.20. The number of methoxy groups -OCH3 is 1. The zero-order chi connectivity index (χ0) is 27.0. The predicted molar refractivity (Wildman–Crippen MR) is 140 cm³/mol. The number of hydrogen-bond donors (Lipinski definition) is 1. The van der Waals surface area contributed by atoms with Gasteiger partial charge in [-0.25, -0.2) is 8.42 Å². The van der Waals surface area contributed by atoms with Gasteiger partial charge in [-0.3, -0.25) is 4.79 Å². The van der Waals surface area contributed by atoms with Gasteiger partial charge in [0, 0.05) is 32.6 Å². The van der Waals surface area contributed by atoms with Gasteiger partial charge in [-0.2, -0.15) is 4.31 Å². The molecule has 1 aromatic carbocycles. The minimum absolute atomic E-state index is 0.0378. The number of allylic oxidation sites excluding steroid dienone is 1. The van der Waals surface area contributed by atoms with Crippen LogP contribution in [0, 0.1) is 11.8 Å². The van der Waals surface area contributed by atoms with Crippen LogP contribution in [-0.2, 0) is 24.3 Å². The number of likely N-dealkylation sites (N-methyl/N-ethyl adjacent to an activating group) is 1. The standard InChI is InChI=1S/C27H42N2O7S/c1-20(2)21-18-25(27(31)28(3)22-8-6-5-7-9-22)36-26(19-21)35-17-15-29(14-16-30)37(32,33)24-12-10-23(34-4)11-13-24/h10-13,18,20-22,26,30H,5-9,14-17,19H2,1-4H3/t21-,26+/m1/s1. The molecule has 0 unspecified atom stereocenters. The van der Waals surface area contributed by atoms with E-state index >= 15 is 0 Å². The third-order valence-electron chi connectivity index (χ3n) is 7.29. The molecule has 0 radical (unpaired) electrons. The topological polar surface area (TPSA) is 106 Å². The molecule has 1 aliphatic heterocycles. The van der Waals surface area contributed by atoms with Crippen molar-refractivity contribution in [2.75, 3.05) is 40.5 Å². The average Bonchev–Trinajstić information content (AvgIpc) is 2.92. The lowest BCUT2D eigenvalue weighted by Crippen LogP contribution is -2.42. The first-order valence-electron chi connectivity index (χ1n) is 13.2. The second-order valence-corrected chi connectivity index (χ2v) is 12.0. The SMILES string of the molecule is COc1ccc(S(=O)(=O)N(CCO)CCO[C@@H]2C[C@H](C(C)C)C=C(C(=O)N(C)C3CCCCC3)O2)cc1. The summed E-state index contributed by atoms with van der Waals surface area (Å²) in [6.07, 6.45) is 7.32. The quantitative estimate of drug-likeness (QED) is 0.435. The Morgan fingerprint density at radius 2 is 1.81 bits per heavy atom. The number of carbonyl (C=O) groups is 1. The molecular weight excluding hydrogens is 496 g/mol. The van der Waals surface area contributed by atoms with Crippen molar-refractivity contribution in [1.82, 2.24) is 9.21 Å². The van der Waals surface area contributed by atoms with Crippen molar-refractivity contribution in [3.05, 3.63) is 36.1 Å². The molecule has 208 valence electrons. The highest BCUT2D eigenvalue weighted by atomic mass is 32.2. The van der Waals surface area contributed by atoms with Gasteiger partial charge in [0.1, 0.15) is 5.75 Å². The third kappa shape index (κ3) is 7.69. The Morgan fingerprint density at radius 3 is 2.41 bits per heavy atom. The van der Waals surface area contributed by atoms with Crippen LogP contribution in [0.4, 0.5) is 0 Å². The molecule has 1 N–H and O–H groups in total. The van der Waals surface area contributed by atoms with Crippen LogP contribution in [0.2, 0.25) is 0 Å². The van der Waals surface area contributed by atoms with E-state index in [0.717, 1.165) is 25.7 Å². The van der Waals surface area contributed by atoms with Gasteiger partial charge in [0.15, 0.2) is 5.76 Å². The first kappa shape index (κ1) is 29.4. The fourth-order valence-corrected chi connectivity index (χ4v) is 6.27. The van der Waals surface area contributed by atoms with Crippen LogP contribution in [0.1, 0.15) is 52.4 Å². The number of aliphatic hydroxyl groups is 1. The molecule has 1 aliphatic carbocycles. The minimum atomic E-state index is -3.84. The molecule has 1 aromatic rings. The van der Waals surface area contributed by atoms with E-state index in [1.165, 1.54) is 30.0 Å². The van der Waals surface area contributed by atoms with Crippen LogP contribution in [-0.4, -0.2) is 81.4 Å². The van der Waals surface area contributed by atoms with Crippen molar-refractivity contribution >= 4 is 15.9 Å². The van der Waals surface area contributed by atoms with E-state index < -0.39 is 16.3 Å². The maximum Gasteiger partial charge on any atom is 0.288 e. The number of aliphatic hydroxyl groups excluding tert-OH is 1. The van der Waals surface area contributed by atoms with Gasteiger partial charge in [-0.15, -0.1) is 0 Å². The summed E-state index contributed by atoms with van der Waals surface area (Å²) < 4.78 is 44.5. The maximum absolute atomic E-state index is 13.3. The predicted octanol–water partition coefficient (Wildman–Crippen LogP) is 3.39. The summed E-state index contributed by atoms with van der Waals surface area (Å²) in [6.45, 7) is 3.91. The molecule has 2 aliphatic rings. The van der Waals surface area contributed by atoms with Crippen molar-refractivity contribution in [2.24, 2.45) is 11.8 Å². The second kappa shape index (κ2) is 13.6. The maximum atomic E-state index is 13.3. The van der Waals surface area contributed by atoms with E-state index in [1.54, 1.807) is 17.0 Å². The summed E-state index contributed by atoms with van der Waals surface area (Å²) in [5.41, 5.74) is 0. The van der Waals surface area contributed by atoms with Gasteiger partial charge in [0.2, 0.25) is 16.3 Å². The highest BCUT2D eigenvalue weighted by Gasteiger charge is 2.33. The molecule has 3 rings (SSSR count). The number of ether oxygens (including phenoxy) is 3. The molecular formula is C27H42N2O7S. The van der Waals surface area contributed by atoms with Crippen LogP contribution in [0.15, 0.2) is 41.0 Å². The van der Waals surface area contributed by atoms with Crippen molar-refractivity contribution < 1.29 is 32.5 Å². The number of hydrogen-bond acceptors (Lipinski definition) is 7. The molecule has 0 saturated heterocycles. The first-order chi connectivity index (χ1) is 17.7. The monoisotopic (exact) mass is 538 g/mol. The molecule has 1 fully saturated rings. The fraction of sp³-hybridized carbons (Fsp3) is 0.667. The van der Waals surface area contributed by atoms with Crippen LogP contribution < -0.4 is 4.74 Å². The van der Waals surface area contributed by atoms with Crippen LogP contribution in [0.25, 0.3) is 0 Å². The summed E-state index contributed by atoms with van der Waals surface area (Å²) in [6, 6.07) is 6.33. The zero-order valence-electron chi connectivity index (χ0n) is 22.5. The summed E-state index contributed by atoms with van der Waals surface area (Å²) in [5, 5.41) is 9.49. The van der Waals surface area contributed by atoms with E-state index in [4.69, 9.17) is 14.2 Å². The largest absolute Gasteiger partial charge is 0.497 e. The molecule has 2 atom stereocenters. The Kier molecular flexibility index (Phi) is 10.8. The smallest absolute Gasteiger partial charge is 0.288 e. The first-order valence-corrected chi connectivity index (χ1v) is 14.6. The number of nitrogens with zero attached hydrogens (tertiary/aromatic N) is 2. The summed E-state index contributed by atoms with van der Waals surface area (Å²) in [7, 11) is -0.485. The van der Waals surface area contributed by atoms with Gasteiger partial charge in [-0.1, -0.05) is 33.1 Å². The Bertz CT molecular complexity index is 1000. The second-order valence-electron chi connectivity index (χ2n) is 10.1. The Labute approximate surface area is 221 Å². The fourth-order valence-electron chi connectivity index (χ4n) is 4.86. The van der Waals surface area contributed by atoms with Crippen molar-refractivity contribution in [2.45, 2.75) is 69.6 Å². The van der Waals surface area contributed by atoms with E-state index in [9.17, 15) is 18.3 Å². The molecule has 9 nitrogen and oxygen atoms in total. The number of sulfonamides is 1. The molecule has 0 aromatic heterocycles. The summed E-state index contributed by atoms with van der Waals surface area (Å²) >= 11 is 0. The zero-order valence-corrected chi connectivity index (χ0v) is 23.3. The Balaban J connectivity index is 1.64. The molecule has 0 spiro atoms. The van der Waals surface area contributed by atoms with E-state index in [-0.39, 0.29) is 49.1 Å². The van der Waals surface area contributed by atoms with Crippen LogP contribution in [0.5, 0.6) is 5.75 Å². The molecule has 10 heteroatoms. The van der Waals surface area contributed by atoms with Crippen molar-refractivity contribution in [3.63, 3.8) is 0 Å². The van der Waals surface area contributed by atoms with Gasteiger partial charge in [0.25, 0.3) is 5.91 Å². The van der Waals surface area contributed by atoms with Gasteiger partial charge in [0.05, 0.1) is 25.2 Å². The normalized spacial score (nSPS) is 21.0. The highest BCUT2D eigenvalue weighted by Crippen LogP contribution is 2.31. The molecule has 1 heterocycles. The van der Waals surface area contributed by atoms with Gasteiger partial charge in [-0.05, 0) is 55.0 Å². The van der Waals surface area contributed by atoms with Crippen LogP contribution in [0.3, 0.4) is 0 Å². The Morgan fingerprint density at radius 1 is 1.14 bits per heavy atom. The summed E-state index contributed by atoms with van der Waals surface area (Å²) in [5.74, 6) is 1.13. The lowest BCUT2D eigenvalue weighted by atomic mass is 9.89. The number of rotatable bonds is 12. The van der Waals surface area contributed by atoms with E-state index in [0.29, 0.717) is 23.8 Å². The van der Waals surface area contributed by atoms with Crippen molar-refractivity contribution in [1.29, 1.82) is 0 Å².